The fraction of sp³-hybridized carbons (Fsp3) is 0.421. The Hall–Kier alpha value is -2.19. The summed E-state index contributed by atoms with van der Waals surface area (Å²) in [5.74, 6) is -0.134. The topological polar surface area (TPSA) is 76.7 Å². The van der Waals surface area contributed by atoms with Crippen molar-refractivity contribution in [1.29, 1.82) is 0 Å². The summed E-state index contributed by atoms with van der Waals surface area (Å²) in [5.41, 5.74) is 1.55. The number of likely N-dealkylation sites (tertiary alicyclic amines) is 1. The van der Waals surface area contributed by atoms with Crippen LogP contribution in [0, 0.1) is 0 Å². The minimum absolute atomic E-state index is 0.00636. The van der Waals surface area contributed by atoms with Crippen LogP contribution in [0.5, 0.6) is 0 Å². The van der Waals surface area contributed by atoms with Gasteiger partial charge in [-0.3, -0.25) is 24.2 Å². The van der Waals surface area contributed by atoms with E-state index in [4.69, 9.17) is 0 Å². The van der Waals surface area contributed by atoms with Crippen molar-refractivity contribution in [2.24, 2.45) is 0 Å². The number of aromatic amines is 1. The van der Waals surface area contributed by atoms with Crippen molar-refractivity contribution < 1.29 is 14.4 Å². The Morgan fingerprint density at radius 2 is 1.70 bits per heavy atom. The Morgan fingerprint density at radius 3 is 2.41 bits per heavy atom. The highest BCUT2D eigenvalue weighted by atomic mass is 79.9. The van der Waals surface area contributed by atoms with E-state index in [-0.39, 0.29) is 17.7 Å². The van der Waals surface area contributed by atoms with Crippen LogP contribution in [0.1, 0.15) is 23.3 Å². The number of carbonyl (C=O) groups excluding carboxylic acids is 3. The number of carbonyl (C=O) groups is 3. The molecule has 3 amide bonds. The summed E-state index contributed by atoms with van der Waals surface area (Å²) in [6.45, 7) is 3.88. The molecule has 0 atom stereocenters. The van der Waals surface area contributed by atoms with E-state index in [1.807, 2.05) is 29.2 Å². The van der Waals surface area contributed by atoms with Gasteiger partial charge in [-0.15, -0.1) is 0 Å². The summed E-state index contributed by atoms with van der Waals surface area (Å²) in [4.78, 5) is 44.7. The molecule has 1 N–H and O–H groups in total. The summed E-state index contributed by atoms with van der Waals surface area (Å²) < 4.78 is 0.983. The van der Waals surface area contributed by atoms with Gasteiger partial charge in [0.05, 0.1) is 0 Å². The van der Waals surface area contributed by atoms with Gasteiger partial charge in [-0.2, -0.15) is 0 Å². The van der Waals surface area contributed by atoms with E-state index >= 15 is 0 Å². The molecule has 0 bridgehead atoms. The molecule has 142 valence electrons. The minimum Gasteiger partial charge on any atom is -0.351 e. The second-order valence-electron chi connectivity index (χ2n) is 6.99. The number of fused-ring (bicyclic) bond motifs is 1. The minimum atomic E-state index is -0.0701. The molecule has 0 saturated carbocycles. The van der Waals surface area contributed by atoms with Gasteiger partial charge in [-0.25, -0.2) is 0 Å². The van der Waals surface area contributed by atoms with Crippen molar-refractivity contribution in [3.63, 3.8) is 0 Å². The number of amides is 3. The van der Waals surface area contributed by atoms with Crippen LogP contribution >= 0.6 is 15.9 Å². The van der Waals surface area contributed by atoms with Crippen LogP contribution < -0.4 is 0 Å². The van der Waals surface area contributed by atoms with Gasteiger partial charge in [0.25, 0.3) is 5.91 Å². The summed E-state index contributed by atoms with van der Waals surface area (Å²) in [7, 11) is 0. The molecule has 3 heterocycles. The smallest absolute Gasteiger partial charge is 0.270 e. The standard InChI is InChI=1S/C19H21BrN4O3/c20-14-1-2-15-13(11-14)12-16(21-15)19(27)23-8-5-22(6-9-23)7-10-24-17(25)3-4-18(24)26/h1-2,11-12,21H,3-10H2. The first-order chi connectivity index (χ1) is 13.0. The summed E-state index contributed by atoms with van der Waals surface area (Å²) in [6, 6.07) is 7.78. The van der Waals surface area contributed by atoms with Crippen molar-refractivity contribution in [2.45, 2.75) is 12.8 Å². The lowest BCUT2D eigenvalue weighted by molar-refractivity contribution is -0.138. The average Bonchev–Trinajstić information content (AvgIpc) is 3.23. The molecule has 0 aliphatic carbocycles. The zero-order valence-corrected chi connectivity index (χ0v) is 16.5. The molecule has 7 nitrogen and oxygen atoms in total. The molecule has 0 radical (unpaired) electrons. The van der Waals surface area contributed by atoms with E-state index in [0.717, 1.165) is 28.5 Å². The Kier molecular flexibility index (Phi) is 5.01. The number of hydrogen-bond donors (Lipinski definition) is 1. The normalized spacial score (nSPS) is 18.7. The highest BCUT2D eigenvalue weighted by molar-refractivity contribution is 9.10. The van der Waals surface area contributed by atoms with E-state index in [0.29, 0.717) is 44.7 Å². The van der Waals surface area contributed by atoms with Crippen molar-refractivity contribution in [1.82, 2.24) is 19.7 Å². The number of imide groups is 1. The third-order valence-corrected chi connectivity index (χ3v) is 5.76. The molecule has 2 aliphatic rings. The number of aromatic nitrogens is 1. The molecule has 1 aromatic heterocycles. The van der Waals surface area contributed by atoms with Crippen molar-refractivity contribution in [2.75, 3.05) is 39.3 Å². The fourth-order valence-corrected chi connectivity index (χ4v) is 4.06. The van der Waals surface area contributed by atoms with Gasteiger partial charge in [0, 0.05) is 67.5 Å². The number of halogens is 1. The van der Waals surface area contributed by atoms with Gasteiger partial charge < -0.3 is 9.88 Å². The van der Waals surface area contributed by atoms with Gasteiger partial charge in [-0.05, 0) is 24.3 Å². The van der Waals surface area contributed by atoms with Gasteiger partial charge in [-0.1, -0.05) is 15.9 Å². The van der Waals surface area contributed by atoms with E-state index in [9.17, 15) is 14.4 Å². The monoisotopic (exact) mass is 432 g/mol. The number of nitrogens with zero attached hydrogens (tertiary/aromatic N) is 3. The van der Waals surface area contributed by atoms with Crippen LogP contribution in [0.25, 0.3) is 10.9 Å². The van der Waals surface area contributed by atoms with Crippen molar-refractivity contribution in [3.05, 3.63) is 34.4 Å². The van der Waals surface area contributed by atoms with Gasteiger partial charge in [0.2, 0.25) is 11.8 Å². The van der Waals surface area contributed by atoms with Crippen molar-refractivity contribution >= 4 is 44.6 Å². The average molecular weight is 433 g/mol. The molecule has 2 aliphatic heterocycles. The molecule has 1 aromatic carbocycles. The predicted molar refractivity (Wildman–Crippen MR) is 104 cm³/mol. The van der Waals surface area contributed by atoms with Crippen molar-refractivity contribution in [3.8, 4) is 0 Å². The molecule has 4 rings (SSSR count). The maximum atomic E-state index is 12.8. The number of nitrogens with one attached hydrogen (secondary N) is 1. The van der Waals surface area contributed by atoms with Gasteiger partial charge >= 0.3 is 0 Å². The Labute approximate surface area is 165 Å². The fourth-order valence-electron chi connectivity index (χ4n) is 3.68. The molecule has 8 heteroatoms. The van der Waals surface area contributed by atoms with E-state index in [2.05, 4.69) is 25.8 Å². The first-order valence-electron chi connectivity index (χ1n) is 9.14. The quantitative estimate of drug-likeness (QED) is 0.747. The third-order valence-electron chi connectivity index (χ3n) is 5.27. The largest absolute Gasteiger partial charge is 0.351 e. The van der Waals surface area contributed by atoms with Gasteiger partial charge in [0.1, 0.15) is 5.69 Å². The van der Waals surface area contributed by atoms with E-state index < -0.39 is 0 Å². The maximum Gasteiger partial charge on any atom is 0.270 e. The molecule has 0 spiro atoms. The third kappa shape index (κ3) is 3.77. The highest BCUT2D eigenvalue weighted by Gasteiger charge is 2.29. The van der Waals surface area contributed by atoms with Crippen LogP contribution in [-0.2, 0) is 9.59 Å². The lowest BCUT2D eigenvalue weighted by Gasteiger charge is -2.35. The Morgan fingerprint density at radius 1 is 1.00 bits per heavy atom. The number of rotatable bonds is 4. The second-order valence-corrected chi connectivity index (χ2v) is 7.90. The lowest BCUT2D eigenvalue weighted by Crippen LogP contribution is -2.50. The first-order valence-corrected chi connectivity index (χ1v) is 9.94. The second kappa shape index (κ2) is 7.44. The Bertz CT molecular complexity index is 885. The van der Waals surface area contributed by atoms with Gasteiger partial charge in [0.15, 0.2) is 0 Å². The number of piperazine rings is 1. The van der Waals surface area contributed by atoms with Crippen LogP contribution in [-0.4, -0.2) is 76.7 Å². The molecule has 27 heavy (non-hydrogen) atoms. The molecule has 2 fully saturated rings. The van der Waals surface area contributed by atoms with E-state index in [1.165, 1.54) is 4.90 Å². The highest BCUT2D eigenvalue weighted by Crippen LogP contribution is 2.21. The van der Waals surface area contributed by atoms with Crippen LogP contribution in [0.4, 0.5) is 0 Å². The molecular weight excluding hydrogens is 412 g/mol. The molecule has 2 saturated heterocycles. The number of H-pyrrole nitrogens is 1. The zero-order valence-electron chi connectivity index (χ0n) is 14.9. The summed E-state index contributed by atoms with van der Waals surface area (Å²) in [6.07, 6.45) is 0.671. The lowest BCUT2D eigenvalue weighted by atomic mass is 10.2. The van der Waals surface area contributed by atoms with E-state index in [1.54, 1.807) is 0 Å². The predicted octanol–water partition coefficient (Wildman–Crippen LogP) is 1.84. The molecule has 2 aromatic rings. The van der Waals surface area contributed by atoms with Crippen LogP contribution in [0.15, 0.2) is 28.7 Å². The first kappa shape index (κ1) is 18.2. The SMILES string of the molecule is O=C(c1cc2cc(Br)ccc2[nH]1)N1CCN(CCN2C(=O)CCC2=O)CC1. The number of hydrogen-bond acceptors (Lipinski definition) is 4. The molecule has 0 unspecified atom stereocenters. The zero-order chi connectivity index (χ0) is 19.0. The Balaban J connectivity index is 1.32. The number of benzene rings is 1. The molecular formula is C19H21BrN4O3. The summed E-state index contributed by atoms with van der Waals surface area (Å²) in [5, 5.41) is 1.01. The maximum absolute atomic E-state index is 12.8. The van der Waals surface area contributed by atoms with Crippen LogP contribution in [0.2, 0.25) is 0 Å². The van der Waals surface area contributed by atoms with Crippen LogP contribution in [0.3, 0.4) is 0 Å². The summed E-state index contributed by atoms with van der Waals surface area (Å²) >= 11 is 3.45.